The second-order valence-electron chi connectivity index (χ2n) is 8.23. The molecule has 0 saturated carbocycles. The summed E-state index contributed by atoms with van der Waals surface area (Å²) in [5.41, 5.74) is 5.97. The summed E-state index contributed by atoms with van der Waals surface area (Å²) in [5.74, 6) is 1.43. The largest absolute Gasteiger partial charge is 0.355 e. The number of hydrogen-bond donors (Lipinski definition) is 3. The van der Waals surface area contributed by atoms with Gasteiger partial charge in [0.1, 0.15) is 12.1 Å². The first-order valence-electron chi connectivity index (χ1n) is 11.1. The zero-order chi connectivity index (χ0) is 23.7. The highest BCUT2D eigenvalue weighted by Crippen LogP contribution is 2.33. The molecule has 10 nitrogen and oxygen atoms in total. The lowest BCUT2D eigenvalue weighted by Crippen LogP contribution is -2.20. The summed E-state index contributed by atoms with van der Waals surface area (Å²) in [4.78, 5) is 30.4. The van der Waals surface area contributed by atoms with Crippen molar-refractivity contribution < 1.29 is 4.79 Å². The Kier molecular flexibility index (Phi) is 5.62. The van der Waals surface area contributed by atoms with E-state index in [1.54, 1.807) is 36.5 Å². The van der Waals surface area contributed by atoms with Gasteiger partial charge in [-0.15, -0.1) is 0 Å². The van der Waals surface area contributed by atoms with Crippen molar-refractivity contribution >= 4 is 29.0 Å². The molecule has 3 N–H and O–H groups in total. The summed E-state index contributed by atoms with van der Waals surface area (Å²) in [7, 11) is 3.45. The minimum atomic E-state index is -0.235. The Morgan fingerprint density at radius 2 is 1.97 bits per heavy atom. The van der Waals surface area contributed by atoms with Gasteiger partial charge in [-0.25, -0.2) is 19.9 Å². The molecule has 0 aliphatic carbocycles. The van der Waals surface area contributed by atoms with Crippen LogP contribution in [0, 0.1) is 6.92 Å². The van der Waals surface area contributed by atoms with Crippen LogP contribution in [0.2, 0.25) is 0 Å². The SMILES string of the molecule is CNC(=O)c1cnc2cc1Nc1cc(cc(-c3ncn(C)n3)c1C)CCCc1ccnc(n1)N2. The van der Waals surface area contributed by atoms with Crippen molar-refractivity contribution in [2.24, 2.45) is 7.05 Å². The number of amides is 1. The van der Waals surface area contributed by atoms with Gasteiger partial charge in [0.15, 0.2) is 5.82 Å². The zero-order valence-corrected chi connectivity index (χ0v) is 19.3. The molecule has 1 amide bonds. The summed E-state index contributed by atoms with van der Waals surface area (Å²) < 4.78 is 1.69. The van der Waals surface area contributed by atoms with Crippen molar-refractivity contribution in [3.05, 3.63) is 65.4 Å². The maximum Gasteiger partial charge on any atom is 0.254 e. The summed E-state index contributed by atoms with van der Waals surface area (Å²) in [6, 6.07) is 7.99. The lowest BCUT2D eigenvalue weighted by atomic mass is 9.98. The zero-order valence-electron chi connectivity index (χ0n) is 19.3. The second-order valence-corrected chi connectivity index (χ2v) is 8.23. The van der Waals surface area contributed by atoms with E-state index in [-0.39, 0.29) is 5.91 Å². The molecule has 34 heavy (non-hydrogen) atoms. The summed E-state index contributed by atoms with van der Waals surface area (Å²) in [6.07, 6.45) is 7.56. The van der Waals surface area contributed by atoms with Gasteiger partial charge < -0.3 is 16.0 Å². The minimum Gasteiger partial charge on any atom is -0.355 e. The van der Waals surface area contributed by atoms with Crippen molar-refractivity contribution in [3.8, 4) is 11.4 Å². The van der Waals surface area contributed by atoms with Crippen molar-refractivity contribution in [1.29, 1.82) is 0 Å². The molecule has 4 aromatic rings. The van der Waals surface area contributed by atoms with E-state index < -0.39 is 0 Å². The van der Waals surface area contributed by atoms with E-state index in [1.165, 1.54) is 0 Å². The number of fused-ring (bicyclic) bond motifs is 6. The summed E-state index contributed by atoms with van der Waals surface area (Å²) in [6.45, 7) is 2.03. The van der Waals surface area contributed by atoms with Gasteiger partial charge >= 0.3 is 0 Å². The molecule has 0 radical (unpaired) electrons. The number of benzene rings is 1. The predicted molar refractivity (Wildman–Crippen MR) is 129 cm³/mol. The lowest BCUT2D eigenvalue weighted by molar-refractivity contribution is 0.0963. The number of pyridine rings is 1. The fourth-order valence-electron chi connectivity index (χ4n) is 4.01. The standard InChI is InChI=1S/C24H25N9O/c1-14-17(22-28-13-33(3)32-22)9-15-5-4-6-16-7-8-26-24(29-16)31-21-11-20(30-19(14)10-15)18(12-27-21)23(34)25-2/h7-13,30H,4-6H2,1-3H3,(H,25,34)(H,26,27,29,31). The summed E-state index contributed by atoms with van der Waals surface area (Å²) >= 11 is 0. The molecule has 4 heterocycles. The van der Waals surface area contributed by atoms with Crippen LogP contribution < -0.4 is 16.0 Å². The van der Waals surface area contributed by atoms with Gasteiger partial charge in [0, 0.05) is 49.5 Å². The van der Waals surface area contributed by atoms with Crippen LogP contribution in [0.15, 0.2) is 43.0 Å². The van der Waals surface area contributed by atoms with Crippen LogP contribution in [0.1, 0.15) is 33.6 Å². The van der Waals surface area contributed by atoms with Crippen LogP contribution in [0.3, 0.4) is 0 Å². The third-order valence-corrected chi connectivity index (χ3v) is 5.80. The average molecular weight is 456 g/mol. The molecule has 10 heteroatoms. The normalized spacial score (nSPS) is 12.8. The quantitative estimate of drug-likeness (QED) is 0.421. The van der Waals surface area contributed by atoms with Gasteiger partial charge in [-0.1, -0.05) is 0 Å². The number of nitrogens with zero attached hydrogens (tertiary/aromatic N) is 6. The highest BCUT2D eigenvalue weighted by atomic mass is 16.1. The Morgan fingerprint density at radius 1 is 1.09 bits per heavy atom. The smallest absolute Gasteiger partial charge is 0.254 e. The molecule has 3 aromatic heterocycles. The molecule has 0 spiro atoms. The van der Waals surface area contributed by atoms with Crippen molar-refractivity contribution in [2.75, 3.05) is 17.7 Å². The second kappa shape index (κ2) is 8.89. The summed E-state index contributed by atoms with van der Waals surface area (Å²) in [5, 5.41) is 13.8. The van der Waals surface area contributed by atoms with E-state index in [0.29, 0.717) is 28.8 Å². The van der Waals surface area contributed by atoms with Crippen molar-refractivity contribution in [3.63, 3.8) is 0 Å². The predicted octanol–water partition coefficient (Wildman–Crippen LogP) is 3.31. The van der Waals surface area contributed by atoms with E-state index in [1.807, 2.05) is 20.0 Å². The van der Waals surface area contributed by atoms with Crippen LogP contribution >= 0.6 is 0 Å². The van der Waals surface area contributed by atoms with E-state index in [4.69, 9.17) is 0 Å². The fourth-order valence-corrected chi connectivity index (χ4v) is 4.01. The monoisotopic (exact) mass is 455 g/mol. The lowest BCUT2D eigenvalue weighted by Gasteiger charge is -2.18. The molecule has 0 unspecified atom stereocenters. The molecule has 0 fully saturated rings. The van der Waals surface area contributed by atoms with Gasteiger partial charge in [0.05, 0.1) is 11.3 Å². The van der Waals surface area contributed by atoms with Crippen LogP contribution in [0.25, 0.3) is 11.4 Å². The van der Waals surface area contributed by atoms with Gasteiger partial charge in [-0.3, -0.25) is 9.48 Å². The van der Waals surface area contributed by atoms with Crippen molar-refractivity contribution in [1.82, 2.24) is 35.0 Å². The van der Waals surface area contributed by atoms with Gasteiger partial charge in [0.25, 0.3) is 5.91 Å². The van der Waals surface area contributed by atoms with Crippen LogP contribution in [0.5, 0.6) is 0 Å². The number of anilines is 4. The van der Waals surface area contributed by atoms with Gasteiger partial charge in [-0.2, -0.15) is 5.10 Å². The third kappa shape index (κ3) is 4.29. The van der Waals surface area contributed by atoms with Gasteiger partial charge in [-0.05, 0) is 55.5 Å². The molecule has 5 rings (SSSR count). The number of aromatic nitrogens is 6. The molecule has 1 aromatic carbocycles. The average Bonchev–Trinajstić information content (AvgIpc) is 3.26. The van der Waals surface area contributed by atoms with Crippen LogP contribution in [-0.2, 0) is 19.9 Å². The Hall–Kier alpha value is -4.34. The topological polar surface area (TPSA) is 123 Å². The molecule has 0 saturated heterocycles. The molecular formula is C24H25N9O. The Bertz CT molecular complexity index is 1380. The highest BCUT2D eigenvalue weighted by molar-refractivity contribution is 6.00. The van der Waals surface area contributed by atoms with Crippen LogP contribution in [0.4, 0.5) is 23.1 Å². The maximum atomic E-state index is 12.6. The molecule has 6 bridgehead atoms. The number of rotatable bonds is 2. The Balaban J connectivity index is 1.67. The van der Waals surface area contributed by atoms with E-state index in [0.717, 1.165) is 47.3 Å². The molecule has 172 valence electrons. The van der Waals surface area contributed by atoms with Gasteiger partial charge in [0.2, 0.25) is 5.95 Å². The number of aryl methyl sites for hydroxylation is 3. The fraction of sp³-hybridized carbons (Fsp3) is 0.250. The van der Waals surface area contributed by atoms with E-state index >= 15 is 0 Å². The number of nitrogens with one attached hydrogen (secondary N) is 3. The first-order chi connectivity index (χ1) is 16.5. The third-order valence-electron chi connectivity index (χ3n) is 5.80. The molecule has 1 aliphatic heterocycles. The van der Waals surface area contributed by atoms with E-state index in [9.17, 15) is 4.79 Å². The molecule has 0 atom stereocenters. The first-order valence-corrected chi connectivity index (χ1v) is 11.1. The van der Waals surface area contributed by atoms with Crippen molar-refractivity contribution in [2.45, 2.75) is 26.2 Å². The Morgan fingerprint density at radius 3 is 2.76 bits per heavy atom. The van der Waals surface area contributed by atoms with E-state index in [2.05, 4.69) is 53.1 Å². The number of hydrogen-bond acceptors (Lipinski definition) is 8. The minimum absolute atomic E-state index is 0.235. The molecule has 1 aliphatic rings. The molecular weight excluding hydrogens is 430 g/mol. The maximum absolute atomic E-state index is 12.6. The number of carbonyl (C=O) groups is 1. The Labute approximate surface area is 196 Å². The highest BCUT2D eigenvalue weighted by Gasteiger charge is 2.18. The first kappa shape index (κ1) is 21.5. The van der Waals surface area contributed by atoms with Crippen LogP contribution in [-0.4, -0.2) is 42.7 Å². The number of carbonyl (C=O) groups excluding carboxylic acids is 1.